The molecule has 1 saturated heterocycles. The van der Waals surface area contributed by atoms with Crippen LogP contribution in [-0.4, -0.2) is 30.1 Å². The van der Waals surface area contributed by atoms with Gasteiger partial charge in [-0.25, -0.2) is 9.87 Å². The number of carbonyl (C=O) groups is 1. The van der Waals surface area contributed by atoms with Crippen molar-refractivity contribution >= 4 is 61.3 Å². The highest BCUT2D eigenvalue weighted by Gasteiger charge is 2.22. The topological polar surface area (TPSA) is 75.3 Å². The Kier molecular flexibility index (Phi) is 6.04. The molecule has 28 heavy (non-hydrogen) atoms. The van der Waals surface area contributed by atoms with Crippen LogP contribution in [0.1, 0.15) is 22.5 Å². The highest BCUT2D eigenvalue weighted by Crippen LogP contribution is 2.37. The smallest absolute Gasteiger partial charge is 0.287 e. The first-order valence-electron chi connectivity index (χ1n) is 8.87. The fourth-order valence-electron chi connectivity index (χ4n) is 3.05. The largest absolute Gasteiger partial charge is 0.351 e. The van der Waals surface area contributed by atoms with Gasteiger partial charge in [-0.2, -0.15) is 0 Å². The second-order valence-corrected chi connectivity index (χ2v) is 8.72. The fraction of sp³-hybridized carbons (Fsp3) is 0.263. The molecule has 1 aromatic carbocycles. The summed E-state index contributed by atoms with van der Waals surface area (Å²) in [6, 6.07) is 6.73. The zero-order valence-electron chi connectivity index (χ0n) is 14.8. The highest BCUT2D eigenvalue weighted by molar-refractivity contribution is 14.1. The Hall–Kier alpha value is -1.82. The number of nitrogens with zero attached hydrogens (tertiary/aromatic N) is 1. The van der Waals surface area contributed by atoms with E-state index >= 15 is 0 Å². The van der Waals surface area contributed by atoms with Gasteiger partial charge in [0.2, 0.25) is 0 Å². The van der Waals surface area contributed by atoms with Crippen LogP contribution in [0.25, 0.3) is 10.1 Å². The van der Waals surface area contributed by atoms with Crippen LogP contribution in [0.4, 0.5) is 15.8 Å². The maximum absolute atomic E-state index is 14.4. The summed E-state index contributed by atoms with van der Waals surface area (Å²) in [4.78, 5) is 23.0. The first-order chi connectivity index (χ1) is 13.6. The fourth-order valence-corrected chi connectivity index (χ4v) is 4.51. The van der Waals surface area contributed by atoms with Crippen LogP contribution >= 0.6 is 33.9 Å². The summed E-state index contributed by atoms with van der Waals surface area (Å²) < 4.78 is 16.0. The van der Waals surface area contributed by atoms with Crippen LogP contribution in [0.5, 0.6) is 0 Å². The third-order valence-electron chi connectivity index (χ3n) is 4.49. The summed E-state index contributed by atoms with van der Waals surface area (Å²) in [6.07, 6.45) is 5.02. The van der Waals surface area contributed by atoms with Crippen molar-refractivity contribution in [2.24, 2.45) is 0 Å². The van der Waals surface area contributed by atoms with E-state index in [-0.39, 0.29) is 17.8 Å². The number of benzene rings is 1. The van der Waals surface area contributed by atoms with Gasteiger partial charge in [0.05, 0.1) is 17.5 Å². The van der Waals surface area contributed by atoms with E-state index in [1.54, 1.807) is 24.5 Å². The molecule has 0 saturated carbocycles. The van der Waals surface area contributed by atoms with E-state index in [2.05, 4.69) is 43.7 Å². The number of carbonyl (C=O) groups excluding carboxylic acids is 1. The number of piperidine rings is 1. The van der Waals surface area contributed by atoms with Gasteiger partial charge in [-0.3, -0.25) is 14.6 Å². The van der Waals surface area contributed by atoms with E-state index in [1.807, 2.05) is 6.07 Å². The molecule has 3 heterocycles. The Morgan fingerprint density at radius 1 is 1.32 bits per heavy atom. The first kappa shape index (κ1) is 19.5. The van der Waals surface area contributed by atoms with Crippen LogP contribution in [0, 0.1) is 9.39 Å². The van der Waals surface area contributed by atoms with E-state index in [0.29, 0.717) is 16.3 Å². The molecular weight excluding hydrogens is 494 g/mol. The lowest BCUT2D eigenvalue weighted by Gasteiger charge is -2.22. The van der Waals surface area contributed by atoms with Crippen LogP contribution in [0.2, 0.25) is 0 Å². The van der Waals surface area contributed by atoms with E-state index in [0.717, 1.165) is 39.6 Å². The second-order valence-electron chi connectivity index (χ2n) is 6.43. The number of thiophene rings is 1. The molecule has 0 radical (unpaired) electrons. The minimum Gasteiger partial charge on any atom is -0.351 e. The third kappa shape index (κ3) is 4.27. The number of rotatable bonds is 5. The molecule has 3 N–H and O–H groups in total. The van der Waals surface area contributed by atoms with E-state index in [9.17, 15) is 9.18 Å². The molecule has 6 nitrogen and oxygen atoms in total. The standard InChI is InChI=1S/C19H18FIN4O2S/c20-14-9-11(21)1-2-15(14)24-17-13-10-23-8-5-16(13)28-18(17)19(26)25-27-12-3-6-22-7-4-12/h1-2,5,8-10,12,22,24H,3-4,6-7H2,(H,25,26). The lowest BCUT2D eigenvalue weighted by atomic mass is 10.1. The van der Waals surface area contributed by atoms with Gasteiger partial charge in [0.15, 0.2) is 0 Å². The molecule has 1 aliphatic heterocycles. The van der Waals surface area contributed by atoms with E-state index in [4.69, 9.17) is 4.84 Å². The highest BCUT2D eigenvalue weighted by atomic mass is 127. The maximum atomic E-state index is 14.4. The molecule has 4 rings (SSSR count). The molecule has 1 aliphatic rings. The number of aromatic nitrogens is 1. The zero-order valence-corrected chi connectivity index (χ0v) is 17.8. The average molecular weight is 512 g/mol. The van der Waals surface area contributed by atoms with E-state index in [1.165, 1.54) is 17.4 Å². The number of hydroxylamine groups is 1. The summed E-state index contributed by atoms with van der Waals surface area (Å²) in [6.45, 7) is 1.74. The van der Waals surface area contributed by atoms with Gasteiger partial charge in [-0.15, -0.1) is 11.3 Å². The Morgan fingerprint density at radius 3 is 2.93 bits per heavy atom. The van der Waals surface area contributed by atoms with Crippen molar-refractivity contribution < 1.29 is 14.0 Å². The summed E-state index contributed by atoms with van der Waals surface area (Å²) in [5, 5.41) is 7.09. The summed E-state index contributed by atoms with van der Waals surface area (Å²) in [5.74, 6) is -0.736. The van der Waals surface area contributed by atoms with Crippen molar-refractivity contribution in [1.82, 2.24) is 15.8 Å². The predicted molar refractivity (Wildman–Crippen MR) is 116 cm³/mol. The van der Waals surface area contributed by atoms with Crippen LogP contribution in [-0.2, 0) is 4.84 Å². The number of fused-ring (bicyclic) bond motifs is 1. The summed E-state index contributed by atoms with van der Waals surface area (Å²) in [7, 11) is 0. The number of nitrogens with one attached hydrogen (secondary N) is 3. The van der Waals surface area contributed by atoms with Gasteiger partial charge in [0.1, 0.15) is 10.7 Å². The number of hydrogen-bond acceptors (Lipinski definition) is 6. The lowest BCUT2D eigenvalue weighted by Crippen LogP contribution is -2.37. The molecule has 1 amide bonds. The van der Waals surface area contributed by atoms with Crippen molar-refractivity contribution in [1.29, 1.82) is 0 Å². The van der Waals surface area contributed by atoms with Crippen molar-refractivity contribution in [3.05, 3.63) is 50.9 Å². The minimum atomic E-state index is -0.382. The maximum Gasteiger partial charge on any atom is 0.287 e. The van der Waals surface area contributed by atoms with Gasteiger partial charge in [-0.1, -0.05) is 0 Å². The SMILES string of the molecule is O=C(NOC1CCNCC1)c1sc2ccncc2c1Nc1ccc(I)cc1F. The lowest BCUT2D eigenvalue weighted by molar-refractivity contribution is -0.0280. The van der Waals surface area contributed by atoms with Crippen LogP contribution in [0.3, 0.4) is 0 Å². The molecule has 0 aliphatic carbocycles. The molecule has 0 bridgehead atoms. The van der Waals surface area contributed by atoms with Crippen LogP contribution < -0.4 is 16.1 Å². The van der Waals surface area contributed by atoms with Gasteiger partial charge < -0.3 is 10.6 Å². The Bertz CT molecular complexity index is 1010. The molecule has 146 valence electrons. The van der Waals surface area contributed by atoms with Crippen molar-refractivity contribution in [3.63, 3.8) is 0 Å². The van der Waals surface area contributed by atoms with Crippen molar-refractivity contribution in [2.75, 3.05) is 18.4 Å². The molecule has 0 unspecified atom stereocenters. The third-order valence-corrected chi connectivity index (χ3v) is 6.33. The molecule has 1 fully saturated rings. The minimum absolute atomic E-state index is 0.00806. The zero-order chi connectivity index (χ0) is 19.5. The number of pyridine rings is 1. The molecule has 0 atom stereocenters. The van der Waals surface area contributed by atoms with Crippen molar-refractivity contribution in [3.8, 4) is 0 Å². The normalized spacial score (nSPS) is 14.9. The quantitative estimate of drug-likeness (QED) is 0.353. The molecule has 3 aromatic rings. The Morgan fingerprint density at radius 2 is 2.14 bits per heavy atom. The Balaban J connectivity index is 1.61. The van der Waals surface area contributed by atoms with E-state index < -0.39 is 0 Å². The summed E-state index contributed by atoms with van der Waals surface area (Å²) in [5.41, 5.74) is 3.40. The van der Waals surface area contributed by atoms with Gasteiger partial charge in [0, 0.05) is 26.1 Å². The summed E-state index contributed by atoms with van der Waals surface area (Å²) >= 11 is 3.37. The molecule has 0 spiro atoms. The second kappa shape index (κ2) is 8.68. The van der Waals surface area contributed by atoms with Gasteiger partial charge >= 0.3 is 0 Å². The number of halogens is 2. The molecular formula is C19H18FIN4O2S. The monoisotopic (exact) mass is 512 g/mol. The predicted octanol–water partition coefficient (Wildman–Crippen LogP) is 4.20. The molecule has 9 heteroatoms. The average Bonchev–Trinajstić information content (AvgIpc) is 3.08. The molecule has 2 aromatic heterocycles. The first-order valence-corrected chi connectivity index (χ1v) is 10.8. The Labute approximate surface area is 179 Å². The van der Waals surface area contributed by atoms with Gasteiger partial charge in [-0.05, 0) is 72.8 Å². The number of anilines is 2. The van der Waals surface area contributed by atoms with Crippen LogP contribution in [0.15, 0.2) is 36.7 Å². The van der Waals surface area contributed by atoms with Crippen molar-refractivity contribution in [2.45, 2.75) is 18.9 Å². The number of hydrogen-bond donors (Lipinski definition) is 3. The number of amides is 1. The van der Waals surface area contributed by atoms with Gasteiger partial charge in [0.25, 0.3) is 5.91 Å².